The van der Waals surface area contributed by atoms with Crippen LogP contribution in [0, 0.1) is 0 Å². The third-order valence-electron chi connectivity index (χ3n) is 1.64. The van der Waals surface area contributed by atoms with Gasteiger partial charge in [-0.05, 0) is 19.3 Å². The molecule has 0 amide bonds. The number of hydrogen-bond donors (Lipinski definition) is 0. The molecule has 0 aliphatic heterocycles. The predicted molar refractivity (Wildman–Crippen MR) is 59.1 cm³/mol. The van der Waals surface area contributed by atoms with Crippen molar-refractivity contribution in [3.05, 3.63) is 24.3 Å². The van der Waals surface area contributed by atoms with Crippen LogP contribution in [0.4, 0.5) is 0 Å². The van der Waals surface area contributed by atoms with Gasteiger partial charge in [0.05, 0.1) is 6.61 Å². The van der Waals surface area contributed by atoms with Crippen LogP contribution in [0.15, 0.2) is 24.3 Å². The first-order valence-electron chi connectivity index (χ1n) is 5.29. The van der Waals surface area contributed by atoms with Crippen LogP contribution >= 0.6 is 0 Å². The summed E-state index contributed by atoms with van der Waals surface area (Å²) in [5.41, 5.74) is 0. The van der Waals surface area contributed by atoms with Crippen LogP contribution in [-0.4, -0.2) is 12.6 Å². The average molecular weight is 196 g/mol. The molecule has 0 aromatic heterocycles. The lowest BCUT2D eigenvalue weighted by Crippen LogP contribution is -2.01. The number of ether oxygens (including phenoxy) is 1. The summed E-state index contributed by atoms with van der Waals surface area (Å²) in [7, 11) is 0. The molecule has 0 radical (unpaired) electrons. The Kier molecular flexibility index (Phi) is 9.28. The Morgan fingerprint density at radius 3 is 2.57 bits per heavy atom. The minimum Gasteiger partial charge on any atom is -0.462 e. The van der Waals surface area contributed by atoms with E-state index >= 15 is 0 Å². The van der Waals surface area contributed by atoms with Gasteiger partial charge in [0.25, 0.3) is 0 Å². The monoisotopic (exact) mass is 196 g/mol. The first kappa shape index (κ1) is 12.9. The molecule has 0 unspecified atom stereocenters. The van der Waals surface area contributed by atoms with Crippen LogP contribution in [0.25, 0.3) is 0 Å². The van der Waals surface area contributed by atoms with Gasteiger partial charge in [-0.2, -0.15) is 0 Å². The standard InChI is InChI=1S/C12H20O2/c1-3-5-7-9-11-14-12(13)10-8-6-4-2/h5,7-8,10H,3-4,6,9,11H2,1-2H3/b7-5-,10-8+. The zero-order chi connectivity index (χ0) is 10.6. The summed E-state index contributed by atoms with van der Waals surface area (Å²) >= 11 is 0. The van der Waals surface area contributed by atoms with E-state index in [4.69, 9.17) is 4.74 Å². The molecule has 0 heterocycles. The highest BCUT2D eigenvalue weighted by Gasteiger charge is 1.93. The SMILES string of the molecule is CC/C=C\CCOC(=O)/C=C/CCC. The van der Waals surface area contributed by atoms with Crippen molar-refractivity contribution in [1.29, 1.82) is 0 Å². The number of esters is 1. The fraction of sp³-hybridized carbons (Fsp3) is 0.583. The number of allylic oxidation sites excluding steroid dienone is 2. The van der Waals surface area contributed by atoms with Crippen molar-refractivity contribution < 1.29 is 9.53 Å². The number of carbonyl (C=O) groups is 1. The molecule has 80 valence electrons. The van der Waals surface area contributed by atoms with Crippen molar-refractivity contribution in [3.63, 3.8) is 0 Å². The minimum absolute atomic E-state index is 0.233. The van der Waals surface area contributed by atoms with Crippen molar-refractivity contribution in [2.75, 3.05) is 6.61 Å². The van der Waals surface area contributed by atoms with Gasteiger partial charge in [-0.1, -0.05) is 38.5 Å². The number of carbonyl (C=O) groups excluding carboxylic acids is 1. The Bertz CT molecular complexity index is 192. The van der Waals surface area contributed by atoms with E-state index in [0.29, 0.717) is 6.61 Å². The molecule has 14 heavy (non-hydrogen) atoms. The first-order chi connectivity index (χ1) is 6.81. The minimum atomic E-state index is -0.233. The molecule has 0 atom stereocenters. The van der Waals surface area contributed by atoms with Crippen molar-refractivity contribution in [2.24, 2.45) is 0 Å². The van der Waals surface area contributed by atoms with Crippen molar-refractivity contribution in [3.8, 4) is 0 Å². The van der Waals surface area contributed by atoms with Crippen LogP contribution in [0.5, 0.6) is 0 Å². The van der Waals surface area contributed by atoms with Crippen LogP contribution in [-0.2, 0) is 9.53 Å². The summed E-state index contributed by atoms with van der Waals surface area (Å²) in [6.45, 7) is 4.63. The van der Waals surface area contributed by atoms with E-state index in [2.05, 4.69) is 19.9 Å². The van der Waals surface area contributed by atoms with Gasteiger partial charge < -0.3 is 4.74 Å². The first-order valence-corrected chi connectivity index (χ1v) is 5.29. The largest absolute Gasteiger partial charge is 0.462 e. The van der Waals surface area contributed by atoms with Crippen LogP contribution in [0.2, 0.25) is 0 Å². The zero-order valence-electron chi connectivity index (χ0n) is 9.16. The lowest BCUT2D eigenvalue weighted by Gasteiger charge is -1.97. The normalized spacial score (nSPS) is 11.3. The Hall–Kier alpha value is -1.05. The Morgan fingerprint density at radius 2 is 1.93 bits per heavy atom. The molecule has 0 spiro atoms. The zero-order valence-corrected chi connectivity index (χ0v) is 9.16. The average Bonchev–Trinajstić information content (AvgIpc) is 2.18. The van der Waals surface area contributed by atoms with Gasteiger partial charge in [0, 0.05) is 6.08 Å². The van der Waals surface area contributed by atoms with Crippen molar-refractivity contribution >= 4 is 5.97 Å². The molecule has 0 rings (SSSR count). The van der Waals surface area contributed by atoms with E-state index in [1.54, 1.807) is 0 Å². The maximum Gasteiger partial charge on any atom is 0.330 e. The molecule has 0 bridgehead atoms. The molecule has 0 aliphatic carbocycles. The third-order valence-corrected chi connectivity index (χ3v) is 1.64. The van der Waals surface area contributed by atoms with Gasteiger partial charge in [-0.15, -0.1) is 0 Å². The summed E-state index contributed by atoms with van der Waals surface area (Å²) in [6, 6.07) is 0. The van der Waals surface area contributed by atoms with E-state index in [9.17, 15) is 4.79 Å². The maximum atomic E-state index is 11.0. The van der Waals surface area contributed by atoms with Gasteiger partial charge in [0.15, 0.2) is 0 Å². The maximum absolute atomic E-state index is 11.0. The van der Waals surface area contributed by atoms with Crippen molar-refractivity contribution in [1.82, 2.24) is 0 Å². The Labute approximate surface area is 86.6 Å². The molecule has 0 aliphatic rings. The number of unbranched alkanes of at least 4 members (excludes halogenated alkanes) is 1. The molecular formula is C12H20O2. The molecule has 0 aromatic carbocycles. The summed E-state index contributed by atoms with van der Waals surface area (Å²) in [5, 5.41) is 0. The summed E-state index contributed by atoms with van der Waals surface area (Å²) < 4.78 is 4.96. The highest BCUT2D eigenvalue weighted by molar-refractivity contribution is 5.81. The summed E-state index contributed by atoms with van der Waals surface area (Å²) in [6.07, 6.45) is 11.3. The fourth-order valence-corrected chi connectivity index (χ4v) is 0.906. The molecule has 0 N–H and O–H groups in total. The Balaban J connectivity index is 3.40. The number of rotatable bonds is 7. The highest BCUT2D eigenvalue weighted by Crippen LogP contribution is 1.92. The van der Waals surface area contributed by atoms with Gasteiger partial charge in [-0.3, -0.25) is 0 Å². The lowest BCUT2D eigenvalue weighted by atomic mass is 10.3. The third kappa shape index (κ3) is 9.04. The second kappa shape index (κ2) is 10.0. The summed E-state index contributed by atoms with van der Waals surface area (Å²) in [5.74, 6) is -0.233. The molecular weight excluding hydrogens is 176 g/mol. The molecule has 0 fully saturated rings. The van der Waals surface area contributed by atoms with E-state index < -0.39 is 0 Å². The van der Waals surface area contributed by atoms with Gasteiger partial charge in [0.1, 0.15) is 0 Å². The Morgan fingerprint density at radius 1 is 1.14 bits per heavy atom. The van der Waals surface area contributed by atoms with Crippen LogP contribution in [0.3, 0.4) is 0 Å². The quantitative estimate of drug-likeness (QED) is 0.270. The molecule has 0 saturated carbocycles. The second-order valence-electron chi connectivity index (χ2n) is 3.03. The number of hydrogen-bond acceptors (Lipinski definition) is 2. The van der Waals surface area contributed by atoms with Crippen LogP contribution in [0.1, 0.15) is 39.5 Å². The predicted octanol–water partition coefficient (Wildman–Crippen LogP) is 3.24. The van der Waals surface area contributed by atoms with Gasteiger partial charge in [0.2, 0.25) is 0 Å². The van der Waals surface area contributed by atoms with E-state index in [1.165, 1.54) is 6.08 Å². The topological polar surface area (TPSA) is 26.3 Å². The van der Waals surface area contributed by atoms with Gasteiger partial charge >= 0.3 is 5.97 Å². The van der Waals surface area contributed by atoms with Gasteiger partial charge in [-0.25, -0.2) is 4.79 Å². The van der Waals surface area contributed by atoms with Crippen molar-refractivity contribution in [2.45, 2.75) is 39.5 Å². The summed E-state index contributed by atoms with van der Waals surface area (Å²) in [4.78, 5) is 11.0. The lowest BCUT2D eigenvalue weighted by molar-refractivity contribution is -0.137. The molecule has 2 heteroatoms. The fourth-order valence-electron chi connectivity index (χ4n) is 0.906. The van der Waals surface area contributed by atoms with E-state index in [0.717, 1.165) is 25.7 Å². The smallest absolute Gasteiger partial charge is 0.330 e. The molecule has 0 aromatic rings. The second-order valence-corrected chi connectivity index (χ2v) is 3.03. The van der Waals surface area contributed by atoms with E-state index in [1.807, 2.05) is 12.2 Å². The van der Waals surface area contributed by atoms with E-state index in [-0.39, 0.29) is 5.97 Å². The molecule has 2 nitrogen and oxygen atoms in total. The molecule has 0 saturated heterocycles. The highest BCUT2D eigenvalue weighted by atomic mass is 16.5. The van der Waals surface area contributed by atoms with Crippen LogP contribution < -0.4 is 0 Å².